The van der Waals surface area contributed by atoms with Gasteiger partial charge in [0.1, 0.15) is 16.7 Å². The van der Waals surface area contributed by atoms with E-state index < -0.39 is 30.3 Å². The molecular formula is C16H16N2O7S. The van der Waals surface area contributed by atoms with Crippen LogP contribution in [0.2, 0.25) is 0 Å². The van der Waals surface area contributed by atoms with Crippen LogP contribution < -0.4 is 14.8 Å². The van der Waals surface area contributed by atoms with Gasteiger partial charge in [0.05, 0.1) is 20.6 Å². The van der Waals surface area contributed by atoms with Gasteiger partial charge in [0, 0.05) is 10.9 Å². The van der Waals surface area contributed by atoms with E-state index in [4.69, 9.17) is 19.7 Å². The Morgan fingerprint density at radius 2 is 1.88 bits per heavy atom. The Kier molecular flexibility index (Phi) is 6.12. The minimum atomic E-state index is -1.54. The van der Waals surface area contributed by atoms with Crippen molar-refractivity contribution in [1.82, 2.24) is 10.3 Å². The van der Waals surface area contributed by atoms with Gasteiger partial charge < -0.3 is 25.0 Å². The first-order valence-corrected chi connectivity index (χ1v) is 8.17. The number of aromatic nitrogens is 1. The predicted octanol–water partition coefficient (Wildman–Crippen LogP) is 1.48. The summed E-state index contributed by atoms with van der Waals surface area (Å²) >= 11 is 1.18. The highest BCUT2D eigenvalue weighted by Crippen LogP contribution is 2.33. The summed E-state index contributed by atoms with van der Waals surface area (Å²) in [5.41, 5.74) is 0.684. The number of nitrogens with one attached hydrogen (secondary N) is 1. The monoisotopic (exact) mass is 380 g/mol. The summed E-state index contributed by atoms with van der Waals surface area (Å²) in [6.07, 6.45) is -0.728. The Hall–Kier alpha value is -3.14. The first-order chi connectivity index (χ1) is 12.3. The lowest BCUT2D eigenvalue weighted by Gasteiger charge is -2.11. The average Bonchev–Trinajstić information content (AvgIpc) is 3.10. The summed E-state index contributed by atoms with van der Waals surface area (Å²) in [5, 5.41) is 21.8. The number of nitrogens with zero attached hydrogens (tertiary/aromatic N) is 1. The van der Waals surface area contributed by atoms with Gasteiger partial charge in [0.15, 0.2) is 11.5 Å². The van der Waals surface area contributed by atoms with Crippen molar-refractivity contribution in [1.29, 1.82) is 0 Å². The molecule has 0 aliphatic carbocycles. The molecule has 10 heteroatoms. The molecule has 2 aromatic rings. The number of amides is 1. The highest BCUT2D eigenvalue weighted by molar-refractivity contribution is 7.13. The zero-order valence-electron chi connectivity index (χ0n) is 13.9. The largest absolute Gasteiger partial charge is 0.493 e. The molecule has 9 nitrogen and oxygen atoms in total. The van der Waals surface area contributed by atoms with Crippen molar-refractivity contribution >= 4 is 29.2 Å². The molecule has 1 heterocycles. The molecular weight excluding hydrogens is 364 g/mol. The van der Waals surface area contributed by atoms with Gasteiger partial charge in [-0.3, -0.25) is 9.59 Å². The van der Waals surface area contributed by atoms with E-state index in [0.717, 1.165) is 0 Å². The van der Waals surface area contributed by atoms with Gasteiger partial charge in [0.2, 0.25) is 0 Å². The second-order valence-electron chi connectivity index (χ2n) is 5.07. The summed E-state index contributed by atoms with van der Waals surface area (Å²) in [7, 11) is 3.01. The summed E-state index contributed by atoms with van der Waals surface area (Å²) < 4.78 is 10.4. The molecule has 0 spiro atoms. The number of hydrogen-bond acceptors (Lipinski definition) is 7. The lowest BCUT2D eigenvalue weighted by Crippen LogP contribution is -2.42. The van der Waals surface area contributed by atoms with E-state index in [9.17, 15) is 14.4 Å². The standard InChI is InChI=1S/C16H16N2O7S/c1-24-11-4-3-8(5-12(11)25-2)15-18-10(7-26-15)14(21)17-9(16(22)23)6-13(19)20/h3-5,7,9H,6H2,1-2H3,(H,17,21)(H,19,20)(H,22,23). The van der Waals surface area contributed by atoms with Crippen LogP contribution in [0.4, 0.5) is 0 Å². The average molecular weight is 380 g/mol. The smallest absolute Gasteiger partial charge is 0.326 e. The molecule has 0 aliphatic rings. The first kappa shape index (κ1) is 19.2. The molecule has 0 fully saturated rings. The number of thiazole rings is 1. The highest BCUT2D eigenvalue weighted by Gasteiger charge is 2.24. The number of aliphatic carboxylic acids is 2. The van der Waals surface area contributed by atoms with Gasteiger partial charge in [-0.2, -0.15) is 0 Å². The van der Waals surface area contributed by atoms with Crippen LogP contribution in [0.15, 0.2) is 23.6 Å². The van der Waals surface area contributed by atoms with Crippen LogP contribution in [0.1, 0.15) is 16.9 Å². The molecule has 1 aromatic heterocycles. The maximum atomic E-state index is 12.1. The van der Waals surface area contributed by atoms with Crippen LogP contribution in [-0.2, 0) is 9.59 Å². The first-order valence-electron chi connectivity index (χ1n) is 7.29. The molecule has 138 valence electrons. The van der Waals surface area contributed by atoms with Crippen molar-refractivity contribution in [2.75, 3.05) is 14.2 Å². The Labute approximate surface area is 152 Å². The number of carbonyl (C=O) groups is 3. The van der Waals surface area contributed by atoms with Crippen LogP contribution in [0, 0.1) is 0 Å². The minimum absolute atomic E-state index is 0.00331. The molecule has 1 amide bonds. The van der Waals surface area contributed by atoms with Gasteiger partial charge in [-0.1, -0.05) is 0 Å². The number of carbonyl (C=O) groups excluding carboxylic acids is 1. The lowest BCUT2D eigenvalue weighted by atomic mass is 10.2. The van der Waals surface area contributed by atoms with Crippen molar-refractivity contribution in [2.45, 2.75) is 12.5 Å². The third-order valence-corrected chi connectivity index (χ3v) is 4.24. The van der Waals surface area contributed by atoms with E-state index in [1.165, 1.54) is 30.9 Å². The lowest BCUT2D eigenvalue weighted by molar-refractivity contribution is -0.145. The highest BCUT2D eigenvalue weighted by atomic mass is 32.1. The van der Waals surface area contributed by atoms with Crippen LogP contribution in [0.3, 0.4) is 0 Å². The fourth-order valence-electron chi connectivity index (χ4n) is 2.09. The number of ether oxygens (including phenoxy) is 2. The minimum Gasteiger partial charge on any atom is -0.493 e. The van der Waals surface area contributed by atoms with Gasteiger partial charge in [-0.05, 0) is 18.2 Å². The molecule has 1 unspecified atom stereocenters. The number of carboxylic acids is 2. The van der Waals surface area contributed by atoms with Crippen molar-refractivity contribution in [3.63, 3.8) is 0 Å². The normalized spacial score (nSPS) is 11.5. The van der Waals surface area contributed by atoms with Crippen molar-refractivity contribution in [3.8, 4) is 22.1 Å². The quantitative estimate of drug-likeness (QED) is 0.627. The third-order valence-electron chi connectivity index (χ3n) is 3.35. The van der Waals surface area contributed by atoms with E-state index in [-0.39, 0.29) is 5.69 Å². The van der Waals surface area contributed by atoms with Crippen LogP contribution in [-0.4, -0.2) is 53.3 Å². The maximum absolute atomic E-state index is 12.1. The van der Waals surface area contributed by atoms with Gasteiger partial charge >= 0.3 is 11.9 Å². The molecule has 3 N–H and O–H groups in total. The van der Waals surface area contributed by atoms with E-state index in [1.54, 1.807) is 18.2 Å². The van der Waals surface area contributed by atoms with Crippen molar-refractivity contribution in [3.05, 3.63) is 29.3 Å². The SMILES string of the molecule is COc1ccc(-c2nc(C(=O)NC(CC(=O)O)C(=O)O)cs2)cc1OC. The second-order valence-corrected chi connectivity index (χ2v) is 5.93. The Bertz CT molecular complexity index is 834. The summed E-state index contributed by atoms with van der Waals surface area (Å²) in [4.78, 5) is 38.0. The van der Waals surface area contributed by atoms with E-state index in [1.807, 2.05) is 0 Å². The van der Waals surface area contributed by atoms with Crippen molar-refractivity contribution in [2.24, 2.45) is 0 Å². The van der Waals surface area contributed by atoms with Gasteiger partial charge in [-0.25, -0.2) is 9.78 Å². The Morgan fingerprint density at radius 1 is 1.19 bits per heavy atom. The Morgan fingerprint density at radius 3 is 2.46 bits per heavy atom. The topological polar surface area (TPSA) is 135 Å². The number of rotatable bonds is 8. The molecule has 1 aromatic carbocycles. The fourth-order valence-corrected chi connectivity index (χ4v) is 2.88. The molecule has 0 bridgehead atoms. The summed E-state index contributed by atoms with van der Waals surface area (Å²) in [5.74, 6) is -2.48. The molecule has 26 heavy (non-hydrogen) atoms. The van der Waals surface area contributed by atoms with Gasteiger partial charge in [-0.15, -0.1) is 11.3 Å². The zero-order valence-corrected chi connectivity index (χ0v) is 14.7. The van der Waals surface area contributed by atoms with Gasteiger partial charge in [0.25, 0.3) is 5.91 Å². The molecule has 1 atom stereocenters. The van der Waals surface area contributed by atoms with Crippen LogP contribution in [0.5, 0.6) is 11.5 Å². The van der Waals surface area contributed by atoms with E-state index in [0.29, 0.717) is 22.1 Å². The molecule has 2 rings (SSSR count). The molecule has 0 aliphatic heterocycles. The zero-order chi connectivity index (χ0) is 19.3. The molecule has 0 saturated heterocycles. The van der Waals surface area contributed by atoms with Crippen molar-refractivity contribution < 1.29 is 34.1 Å². The number of benzene rings is 1. The number of hydrogen-bond donors (Lipinski definition) is 3. The predicted molar refractivity (Wildman–Crippen MR) is 91.8 cm³/mol. The molecule has 0 radical (unpaired) electrons. The summed E-state index contributed by atoms with van der Waals surface area (Å²) in [6.45, 7) is 0. The number of carboxylic acid groups (broad SMARTS) is 2. The Balaban J connectivity index is 2.19. The third kappa shape index (κ3) is 4.48. The van der Waals surface area contributed by atoms with E-state index >= 15 is 0 Å². The summed E-state index contributed by atoms with van der Waals surface area (Å²) in [6, 6.07) is 3.60. The number of methoxy groups -OCH3 is 2. The van der Waals surface area contributed by atoms with Crippen LogP contribution >= 0.6 is 11.3 Å². The fraction of sp³-hybridized carbons (Fsp3) is 0.250. The maximum Gasteiger partial charge on any atom is 0.326 e. The van der Waals surface area contributed by atoms with Crippen LogP contribution in [0.25, 0.3) is 10.6 Å². The molecule has 0 saturated carbocycles. The second kappa shape index (κ2) is 8.30. The van der Waals surface area contributed by atoms with E-state index in [2.05, 4.69) is 10.3 Å².